The quantitative estimate of drug-likeness (QED) is 0.145. The summed E-state index contributed by atoms with van der Waals surface area (Å²) in [5, 5.41) is 14.3. The molecular formula is C37H46F4N6O5. The van der Waals surface area contributed by atoms with Gasteiger partial charge in [0.25, 0.3) is 0 Å². The summed E-state index contributed by atoms with van der Waals surface area (Å²) in [6.45, 7) is 5.21. The predicted octanol–water partition coefficient (Wildman–Crippen LogP) is 4.29. The number of carbonyl (C=O) groups is 4. The number of aromatic nitrogens is 1. The van der Waals surface area contributed by atoms with Crippen LogP contribution in [0, 0.1) is 17.7 Å². The van der Waals surface area contributed by atoms with Gasteiger partial charge in [-0.05, 0) is 60.8 Å². The van der Waals surface area contributed by atoms with Crippen molar-refractivity contribution >= 4 is 34.7 Å². The first-order chi connectivity index (χ1) is 24.8. The second kappa shape index (κ2) is 16.8. The van der Waals surface area contributed by atoms with Crippen molar-refractivity contribution < 1.29 is 41.5 Å². The van der Waals surface area contributed by atoms with Crippen molar-refractivity contribution in [3.8, 4) is 0 Å². The van der Waals surface area contributed by atoms with E-state index in [4.69, 9.17) is 4.74 Å². The van der Waals surface area contributed by atoms with Gasteiger partial charge >= 0.3 is 12.2 Å². The maximum atomic E-state index is 14.4. The van der Waals surface area contributed by atoms with E-state index in [1.165, 1.54) is 24.3 Å². The van der Waals surface area contributed by atoms with E-state index in [1.807, 2.05) is 13.8 Å². The predicted molar refractivity (Wildman–Crippen MR) is 186 cm³/mol. The molecule has 2 heterocycles. The molecule has 1 aliphatic heterocycles. The average molecular weight is 731 g/mol. The minimum Gasteiger partial charge on any atom is -0.381 e. The van der Waals surface area contributed by atoms with Crippen LogP contribution in [0.5, 0.6) is 0 Å². The fourth-order valence-corrected chi connectivity index (χ4v) is 6.87. The van der Waals surface area contributed by atoms with Gasteiger partial charge in [-0.25, -0.2) is 9.18 Å². The van der Waals surface area contributed by atoms with E-state index >= 15 is 0 Å². The molecule has 1 unspecified atom stereocenters. The summed E-state index contributed by atoms with van der Waals surface area (Å²) in [5.41, 5.74) is -1.40. The number of benzene rings is 2. The van der Waals surface area contributed by atoms with Crippen molar-refractivity contribution in [2.75, 3.05) is 32.8 Å². The lowest BCUT2D eigenvalue weighted by atomic mass is 9.78. The highest BCUT2D eigenvalue weighted by Gasteiger charge is 2.45. The van der Waals surface area contributed by atoms with Gasteiger partial charge in [-0.15, -0.1) is 0 Å². The first kappa shape index (κ1) is 38.6. The Bertz CT molecular complexity index is 1760. The highest BCUT2D eigenvalue weighted by atomic mass is 19.4. The second-order valence-electron chi connectivity index (χ2n) is 13.8. The molecule has 11 nitrogen and oxygen atoms in total. The van der Waals surface area contributed by atoms with Gasteiger partial charge < -0.3 is 36.3 Å². The molecule has 3 atom stereocenters. The van der Waals surface area contributed by atoms with Gasteiger partial charge in [0.15, 0.2) is 0 Å². The molecule has 5 rings (SSSR count). The maximum Gasteiger partial charge on any atom is 0.418 e. The van der Waals surface area contributed by atoms with E-state index in [0.29, 0.717) is 43.4 Å². The van der Waals surface area contributed by atoms with Crippen LogP contribution in [-0.4, -0.2) is 73.2 Å². The van der Waals surface area contributed by atoms with Gasteiger partial charge in [0, 0.05) is 49.8 Å². The molecule has 15 heteroatoms. The number of hydrogen-bond acceptors (Lipinski definition) is 5. The summed E-state index contributed by atoms with van der Waals surface area (Å²) in [6, 6.07) is 8.65. The van der Waals surface area contributed by atoms with Gasteiger partial charge in [-0.3, -0.25) is 14.4 Å². The number of rotatable bonds is 13. The topological polar surface area (TPSA) is 153 Å². The Morgan fingerprint density at radius 3 is 2.46 bits per heavy atom. The minimum absolute atomic E-state index is 0.0428. The smallest absolute Gasteiger partial charge is 0.381 e. The summed E-state index contributed by atoms with van der Waals surface area (Å²) in [7, 11) is 0. The molecule has 2 aromatic carbocycles. The molecule has 1 saturated heterocycles. The van der Waals surface area contributed by atoms with Gasteiger partial charge in [-0.2, -0.15) is 13.2 Å². The monoisotopic (exact) mass is 730 g/mol. The molecule has 1 aromatic heterocycles. The summed E-state index contributed by atoms with van der Waals surface area (Å²) in [6.07, 6.45) is -2.51. The SMILES string of the molecule is CCC(C)[C@@H](CNC(=O)NCC1CCOCC1)NC(=O)[C@@]1(NC(=O)CNC(=O)Cc2ccccc2F)CCc2[nH]c3c(C(F)(F)F)cccc3c2C1. The van der Waals surface area contributed by atoms with Crippen LogP contribution in [0.1, 0.15) is 61.9 Å². The number of ether oxygens (including phenoxy) is 1. The normalized spacial score (nSPS) is 18.9. The number of para-hydroxylation sites is 1. The van der Waals surface area contributed by atoms with Gasteiger partial charge in [0.1, 0.15) is 11.4 Å². The standard InChI is InChI=1S/C37H46F4N6O5/c1-3-22(2)30(20-44-35(51)43-19-23-12-15-52-16-13-23)46-34(50)36(47-32(49)21-42-31(48)17-24-7-4-5-10-28(24)38)14-11-29-26(18-36)25-8-6-9-27(33(25)45-29)37(39,40)41/h4-10,22-23,30,45H,3,11-21H2,1-2H3,(H,42,48)(H,46,50)(H,47,49)(H2,43,44,51)/t22?,30-,36-/m1/s1. The number of urea groups is 1. The van der Waals surface area contributed by atoms with E-state index < -0.39 is 53.4 Å². The number of H-pyrrole nitrogens is 1. The molecule has 52 heavy (non-hydrogen) atoms. The molecule has 1 aliphatic carbocycles. The third kappa shape index (κ3) is 9.41. The fraction of sp³-hybridized carbons (Fsp3) is 0.514. The van der Waals surface area contributed by atoms with Crippen molar-refractivity contribution in [2.45, 2.75) is 76.6 Å². The number of aryl methyl sites for hydroxylation is 1. The van der Waals surface area contributed by atoms with Crippen molar-refractivity contribution in [3.63, 3.8) is 0 Å². The Kier molecular flexibility index (Phi) is 12.4. The fourth-order valence-electron chi connectivity index (χ4n) is 6.87. The lowest BCUT2D eigenvalue weighted by Crippen LogP contribution is -2.65. The minimum atomic E-state index is -4.62. The van der Waals surface area contributed by atoms with E-state index in [-0.39, 0.29) is 60.6 Å². The number of aromatic amines is 1. The average Bonchev–Trinajstić information content (AvgIpc) is 3.49. The Hall–Kier alpha value is -4.66. The second-order valence-corrected chi connectivity index (χ2v) is 13.8. The van der Waals surface area contributed by atoms with Gasteiger partial charge in [-0.1, -0.05) is 50.6 Å². The summed E-state index contributed by atoms with van der Waals surface area (Å²) in [5.74, 6) is -2.25. The van der Waals surface area contributed by atoms with Crippen molar-refractivity contribution in [1.29, 1.82) is 0 Å². The van der Waals surface area contributed by atoms with Gasteiger partial charge in [0.2, 0.25) is 17.7 Å². The third-order valence-corrected chi connectivity index (χ3v) is 10.2. The molecule has 0 saturated carbocycles. The molecular weight excluding hydrogens is 684 g/mol. The number of halogens is 4. The van der Waals surface area contributed by atoms with Crippen LogP contribution >= 0.6 is 0 Å². The molecule has 0 bridgehead atoms. The number of nitrogens with one attached hydrogen (secondary N) is 6. The summed E-state index contributed by atoms with van der Waals surface area (Å²) in [4.78, 5) is 56.1. The molecule has 3 aromatic rings. The molecule has 0 spiro atoms. The lowest BCUT2D eigenvalue weighted by molar-refractivity contribution is -0.136. The zero-order valence-corrected chi connectivity index (χ0v) is 29.3. The first-order valence-corrected chi connectivity index (χ1v) is 17.7. The zero-order chi connectivity index (χ0) is 37.5. The largest absolute Gasteiger partial charge is 0.418 e. The Morgan fingerprint density at radius 2 is 1.75 bits per heavy atom. The molecule has 6 N–H and O–H groups in total. The molecule has 0 radical (unpaired) electrons. The molecule has 2 aliphatic rings. The first-order valence-electron chi connectivity index (χ1n) is 17.7. The highest BCUT2D eigenvalue weighted by Crippen LogP contribution is 2.40. The summed E-state index contributed by atoms with van der Waals surface area (Å²) < 4.78 is 61.3. The van der Waals surface area contributed by atoms with Crippen LogP contribution in [0.25, 0.3) is 10.9 Å². The van der Waals surface area contributed by atoms with E-state index in [2.05, 4.69) is 31.6 Å². The summed E-state index contributed by atoms with van der Waals surface area (Å²) >= 11 is 0. The number of amides is 5. The highest BCUT2D eigenvalue weighted by molar-refractivity contribution is 5.96. The van der Waals surface area contributed by atoms with Crippen molar-refractivity contribution in [2.24, 2.45) is 11.8 Å². The van der Waals surface area contributed by atoms with Crippen molar-refractivity contribution in [1.82, 2.24) is 31.6 Å². The molecule has 282 valence electrons. The number of carbonyl (C=O) groups excluding carboxylic acids is 4. The molecule has 1 fully saturated rings. The number of alkyl halides is 3. The van der Waals surface area contributed by atoms with Crippen LogP contribution in [-0.2, 0) is 44.6 Å². The molecule has 5 amide bonds. The van der Waals surface area contributed by atoms with Crippen LogP contribution < -0.4 is 26.6 Å². The Balaban J connectivity index is 1.34. The maximum absolute atomic E-state index is 14.4. The lowest BCUT2D eigenvalue weighted by Gasteiger charge is -2.38. The zero-order valence-electron chi connectivity index (χ0n) is 29.3. The van der Waals surface area contributed by atoms with Crippen LogP contribution in [0.15, 0.2) is 42.5 Å². The van der Waals surface area contributed by atoms with E-state index in [0.717, 1.165) is 18.9 Å². The van der Waals surface area contributed by atoms with Crippen LogP contribution in [0.2, 0.25) is 0 Å². The van der Waals surface area contributed by atoms with Gasteiger partial charge in [0.05, 0.1) is 24.0 Å². The number of hydrogen-bond donors (Lipinski definition) is 6. The Morgan fingerprint density at radius 1 is 1.00 bits per heavy atom. The van der Waals surface area contributed by atoms with Crippen LogP contribution in [0.4, 0.5) is 22.4 Å². The van der Waals surface area contributed by atoms with Crippen LogP contribution in [0.3, 0.4) is 0 Å². The van der Waals surface area contributed by atoms with E-state index in [9.17, 15) is 36.7 Å². The third-order valence-electron chi connectivity index (χ3n) is 10.2. The van der Waals surface area contributed by atoms with Crippen molar-refractivity contribution in [3.05, 3.63) is 70.7 Å². The van der Waals surface area contributed by atoms with E-state index in [1.54, 1.807) is 12.1 Å². The number of fused-ring (bicyclic) bond motifs is 3. The Labute approximate surface area is 299 Å².